The fourth-order valence-electron chi connectivity index (χ4n) is 1.64. The molecule has 0 saturated heterocycles. The van der Waals surface area contributed by atoms with Gasteiger partial charge in [0.25, 0.3) is 0 Å². The fraction of sp³-hybridized carbons (Fsp3) is 0.182. The quantitative estimate of drug-likeness (QED) is 0.744. The van der Waals surface area contributed by atoms with Gasteiger partial charge in [-0.15, -0.1) is 10.2 Å². The van der Waals surface area contributed by atoms with Gasteiger partial charge < -0.3 is 10.1 Å². The van der Waals surface area contributed by atoms with Crippen molar-refractivity contribution < 1.29 is 0 Å². The van der Waals surface area contributed by atoms with Gasteiger partial charge in [0, 0.05) is 18.1 Å². The summed E-state index contributed by atoms with van der Waals surface area (Å²) in [5.74, 6) is 0.773. The van der Waals surface area contributed by atoms with Crippen LogP contribution in [0.15, 0.2) is 28.9 Å². The number of thioether (sulfide) groups is 1. The van der Waals surface area contributed by atoms with Gasteiger partial charge in [-0.3, -0.25) is 0 Å². The van der Waals surface area contributed by atoms with Crippen LogP contribution in [0.25, 0.3) is 5.65 Å². The molecule has 0 aromatic carbocycles. The van der Waals surface area contributed by atoms with Crippen LogP contribution >= 0.6 is 23.1 Å². The summed E-state index contributed by atoms with van der Waals surface area (Å²) in [6.07, 6.45) is 4.11. The zero-order valence-electron chi connectivity index (χ0n) is 9.70. The van der Waals surface area contributed by atoms with E-state index in [2.05, 4.69) is 34.4 Å². The lowest BCUT2D eigenvalue weighted by atomic mass is 10.3. The van der Waals surface area contributed by atoms with Crippen molar-refractivity contribution in [3.8, 4) is 0 Å². The molecule has 0 saturated carbocycles. The first-order chi connectivity index (χ1) is 8.70. The number of nitrogens with zero attached hydrogens (tertiary/aromatic N) is 4. The first-order valence-electron chi connectivity index (χ1n) is 5.37. The van der Waals surface area contributed by atoms with Crippen molar-refractivity contribution in [1.29, 1.82) is 0 Å². The molecule has 2 N–H and O–H groups in total. The molecular weight excluding hydrogens is 266 g/mol. The van der Waals surface area contributed by atoms with Gasteiger partial charge in [0.05, 0.1) is 5.69 Å². The van der Waals surface area contributed by atoms with Gasteiger partial charge in [0.2, 0.25) is 5.13 Å². The maximum absolute atomic E-state index is 5.54. The molecule has 0 atom stereocenters. The molecule has 5 nitrogen and oxygen atoms in total. The van der Waals surface area contributed by atoms with E-state index in [1.807, 2.05) is 16.7 Å². The highest BCUT2D eigenvalue weighted by Gasteiger charge is 2.05. The Labute approximate surface area is 112 Å². The van der Waals surface area contributed by atoms with Crippen LogP contribution in [-0.4, -0.2) is 19.6 Å². The third-order valence-electron chi connectivity index (χ3n) is 2.41. The van der Waals surface area contributed by atoms with E-state index in [1.54, 1.807) is 11.8 Å². The highest BCUT2D eigenvalue weighted by atomic mass is 32.2. The second-order valence-electron chi connectivity index (χ2n) is 3.90. The van der Waals surface area contributed by atoms with Crippen molar-refractivity contribution >= 4 is 33.9 Å². The Morgan fingerprint density at radius 3 is 3.00 bits per heavy atom. The Morgan fingerprint density at radius 1 is 1.33 bits per heavy atom. The number of pyridine rings is 1. The number of nitrogens with two attached hydrogens (primary N) is 1. The molecule has 0 spiro atoms. The summed E-state index contributed by atoms with van der Waals surface area (Å²) >= 11 is 3.00. The minimum Gasteiger partial charge on any atom is -0.374 e. The topological polar surface area (TPSA) is 69.1 Å². The number of fused-ring (bicyclic) bond motifs is 1. The summed E-state index contributed by atoms with van der Waals surface area (Å²) in [6.45, 7) is 2.07. The molecule has 0 aliphatic carbocycles. The zero-order chi connectivity index (χ0) is 12.5. The predicted octanol–water partition coefficient (Wildman–Crippen LogP) is 2.37. The van der Waals surface area contributed by atoms with Crippen LogP contribution in [0, 0.1) is 6.92 Å². The van der Waals surface area contributed by atoms with Gasteiger partial charge in [-0.1, -0.05) is 29.2 Å². The Bertz CT molecular complexity index is 688. The summed E-state index contributed by atoms with van der Waals surface area (Å²) in [7, 11) is 0. The lowest BCUT2D eigenvalue weighted by Crippen LogP contribution is -1.82. The van der Waals surface area contributed by atoms with E-state index in [9.17, 15) is 0 Å². The lowest BCUT2D eigenvalue weighted by molar-refractivity contribution is 1.02. The lowest BCUT2D eigenvalue weighted by Gasteiger charge is -1.93. The number of rotatable bonds is 3. The summed E-state index contributed by atoms with van der Waals surface area (Å²) in [5, 5.41) is 8.26. The normalized spacial score (nSPS) is 11.2. The zero-order valence-corrected chi connectivity index (χ0v) is 11.3. The van der Waals surface area contributed by atoms with E-state index in [0.717, 1.165) is 21.4 Å². The van der Waals surface area contributed by atoms with Gasteiger partial charge in [-0.2, -0.15) is 0 Å². The molecule has 3 aromatic heterocycles. The van der Waals surface area contributed by atoms with Crippen LogP contribution in [-0.2, 0) is 5.75 Å². The van der Waals surface area contributed by atoms with Crippen LogP contribution in [0.3, 0.4) is 0 Å². The Balaban J connectivity index is 1.78. The van der Waals surface area contributed by atoms with E-state index in [1.165, 1.54) is 16.9 Å². The van der Waals surface area contributed by atoms with E-state index in [-0.39, 0.29) is 0 Å². The van der Waals surface area contributed by atoms with Crippen LogP contribution in [0.4, 0.5) is 5.13 Å². The monoisotopic (exact) mass is 277 g/mol. The number of anilines is 1. The average Bonchev–Trinajstić information content (AvgIpc) is 2.92. The van der Waals surface area contributed by atoms with Crippen molar-refractivity contribution in [3.05, 3.63) is 35.8 Å². The number of nitrogen functional groups attached to an aromatic ring is 1. The molecule has 0 aliphatic heterocycles. The van der Waals surface area contributed by atoms with Crippen LogP contribution < -0.4 is 5.73 Å². The molecule has 0 amide bonds. The predicted molar refractivity (Wildman–Crippen MR) is 73.8 cm³/mol. The number of aromatic nitrogens is 4. The summed E-state index contributed by atoms with van der Waals surface area (Å²) in [5.41, 5.74) is 8.75. The molecule has 7 heteroatoms. The van der Waals surface area contributed by atoms with Crippen molar-refractivity contribution in [2.45, 2.75) is 17.0 Å². The first-order valence-corrected chi connectivity index (χ1v) is 7.17. The van der Waals surface area contributed by atoms with Crippen LogP contribution in [0.1, 0.15) is 11.3 Å². The molecule has 0 radical (unpaired) electrons. The van der Waals surface area contributed by atoms with E-state index in [4.69, 9.17) is 5.73 Å². The largest absolute Gasteiger partial charge is 0.374 e. The summed E-state index contributed by atoms with van der Waals surface area (Å²) in [4.78, 5) is 4.54. The molecule has 18 heavy (non-hydrogen) atoms. The van der Waals surface area contributed by atoms with E-state index >= 15 is 0 Å². The number of hydrogen-bond acceptors (Lipinski definition) is 6. The maximum Gasteiger partial charge on any atom is 0.203 e. The first kappa shape index (κ1) is 11.5. The molecule has 0 unspecified atom stereocenters. The number of hydrogen-bond donors (Lipinski definition) is 1. The fourth-order valence-corrected chi connectivity index (χ4v) is 3.16. The van der Waals surface area contributed by atoms with Gasteiger partial charge in [-0.05, 0) is 18.6 Å². The van der Waals surface area contributed by atoms with Gasteiger partial charge in [0.15, 0.2) is 4.34 Å². The average molecular weight is 277 g/mol. The van der Waals surface area contributed by atoms with Crippen molar-refractivity contribution in [3.63, 3.8) is 0 Å². The number of aryl methyl sites for hydroxylation is 1. The third-order valence-corrected chi connectivity index (χ3v) is 4.33. The third kappa shape index (κ3) is 2.32. The molecule has 0 fully saturated rings. The van der Waals surface area contributed by atoms with Crippen molar-refractivity contribution in [1.82, 2.24) is 19.6 Å². The molecule has 0 aliphatic rings. The molecule has 92 valence electrons. The second-order valence-corrected chi connectivity index (χ2v) is 6.13. The molecule has 0 bridgehead atoms. The van der Waals surface area contributed by atoms with Crippen molar-refractivity contribution in [2.75, 3.05) is 5.73 Å². The highest BCUT2D eigenvalue weighted by Crippen LogP contribution is 2.26. The van der Waals surface area contributed by atoms with E-state index < -0.39 is 0 Å². The minimum atomic E-state index is 0.503. The maximum atomic E-state index is 5.54. The Kier molecular flexibility index (Phi) is 2.92. The summed E-state index contributed by atoms with van der Waals surface area (Å²) in [6, 6.07) is 4.08. The summed E-state index contributed by atoms with van der Waals surface area (Å²) < 4.78 is 2.92. The molecular formula is C11H11N5S2. The SMILES string of the molecule is Cc1ccc2nc(CSc3nnc(N)s3)cn2c1. The highest BCUT2D eigenvalue weighted by molar-refractivity contribution is 8.00. The van der Waals surface area contributed by atoms with Crippen molar-refractivity contribution in [2.24, 2.45) is 0 Å². The minimum absolute atomic E-state index is 0.503. The van der Waals surface area contributed by atoms with Gasteiger partial charge in [0.1, 0.15) is 5.65 Å². The smallest absolute Gasteiger partial charge is 0.203 e. The second kappa shape index (κ2) is 4.58. The Morgan fingerprint density at radius 2 is 2.22 bits per heavy atom. The van der Waals surface area contributed by atoms with Crippen LogP contribution in [0.5, 0.6) is 0 Å². The van der Waals surface area contributed by atoms with Gasteiger partial charge in [-0.25, -0.2) is 4.98 Å². The molecule has 3 rings (SSSR count). The molecule has 3 heterocycles. The van der Waals surface area contributed by atoms with E-state index in [0.29, 0.717) is 5.13 Å². The Hall–Kier alpha value is -1.60. The van der Waals surface area contributed by atoms with Crippen LogP contribution in [0.2, 0.25) is 0 Å². The van der Waals surface area contributed by atoms with Gasteiger partial charge >= 0.3 is 0 Å². The standard InChI is InChI=1S/C11H11N5S2/c1-7-2-3-9-13-8(5-16(9)4-7)6-17-11-15-14-10(12)18-11/h2-5H,6H2,1H3,(H2,12,14). The molecule has 3 aromatic rings. The number of imidazole rings is 1.